The lowest BCUT2D eigenvalue weighted by Gasteiger charge is -2.28. The fourth-order valence-electron chi connectivity index (χ4n) is 2.99. The normalized spacial score (nSPS) is 23.0. The number of fused-ring (bicyclic) bond motifs is 1. The molecule has 10 nitrogen and oxygen atoms in total. The Kier molecular flexibility index (Phi) is 5.15. The average Bonchev–Trinajstić information content (AvgIpc) is 2.93. The van der Waals surface area contributed by atoms with Crippen LogP contribution < -0.4 is 0 Å². The van der Waals surface area contributed by atoms with Crippen LogP contribution in [0.1, 0.15) is 27.7 Å². The number of carbonyl (C=O) groups is 4. The summed E-state index contributed by atoms with van der Waals surface area (Å²) >= 11 is 0. The molecule has 0 aromatic carbocycles. The molecule has 2 rings (SSSR count). The van der Waals surface area contributed by atoms with Crippen molar-refractivity contribution in [3.05, 3.63) is 0 Å². The van der Waals surface area contributed by atoms with Gasteiger partial charge in [-0.2, -0.15) is 0 Å². The first-order chi connectivity index (χ1) is 11.3. The fraction of sp³-hybridized carbons (Fsp3) is 0.714. The summed E-state index contributed by atoms with van der Waals surface area (Å²) in [5.74, 6) is -1.06. The third-order valence-electron chi connectivity index (χ3n) is 4.02. The van der Waals surface area contributed by atoms with E-state index in [0.717, 1.165) is 0 Å². The van der Waals surface area contributed by atoms with Crippen molar-refractivity contribution in [2.45, 2.75) is 40.0 Å². The second kappa shape index (κ2) is 6.93. The van der Waals surface area contributed by atoms with Crippen LogP contribution in [0.15, 0.2) is 0 Å². The van der Waals surface area contributed by atoms with E-state index in [-0.39, 0.29) is 19.5 Å². The largest absolute Gasteiger partial charge is 0.444 e. The second-order valence-corrected chi connectivity index (χ2v) is 5.43. The van der Waals surface area contributed by atoms with E-state index in [1.165, 1.54) is 33.4 Å². The van der Waals surface area contributed by atoms with Crippen LogP contribution in [0.4, 0.5) is 9.59 Å². The van der Waals surface area contributed by atoms with Gasteiger partial charge in [-0.3, -0.25) is 19.4 Å². The summed E-state index contributed by atoms with van der Waals surface area (Å²) in [4.78, 5) is 53.1. The highest BCUT2D eigenvalue weighted by atomic mass is 16.6. The highest BCUT2D eigenvalue weighted by molar-refractivity contribution is 5.85. The molecular weight excluding hydrogens is 320 g/mol. The van der Waals surface area contributed by atoms with E-state index < -0.39 is 30.3 Å². The Bertz CT molecular complexity index is 509. The number of urea groups is 2. The number of carbonyl (C=O) groups excluding carboxylic acids is 4. The van der Waals surface area contributed by atoms with Crippen molar-refractivity contribution in [1.82, 2.24) is 19.6 Å². The highest BCUT2D eigenvalue weighted by Gasteiger charge is 2.58. The molecule has 0 saturated carbocycles. The number of ether oxygens (including phenoxy) is 2. The summed E-state index contributed by atoms with van der Waals surface area (Å²) in [6.07, 6.45) is -1.21. The van der Waals surface area contributed by atoms with Gasteiger partial charge in [-0.15, -0.1) is 0 Å². The van der Waals surface area contributed by atoms with Crippen LogP contribution in [0.25, 0.3) is 0 Å². The van der Waals surface area contributed by atoms with E-state index in [1.807, 2.05) is 0 Å². The summed E-state index contributed by atoms with van der Waals surface area (Å²) in [5.41, 5.74) is 0. The molecule has 0 unspecified atom stereocenters. The molecule has 0 aromatic rings. The molecule has 2 aliphatic rings. The zero-order valence-corrected chi connectivity index (χ0v) is 14.2. The van der Waals surface area contributed by atoms with Crippen molar-refractivity contribution in [2.24, 2.45) is 0 Å². The summed E-state index contributed by atoms with van der Waals surface area (Å²) < 4.78 is 9.90. The lowest BCUT2D eigenvalue weighted by Crippen LogP contribution is -2.47. The molecule has 0 spiro atoms. The molecule has 0 radical (unpaired) electrons. The molecule has 0 aliphatic carbocycles. The van der Waals surface area contributed by atoms with Crippen LogP contribution in [0, 0.1) is 0 Å². The average molecular weight is 342 g/mol. The van der Waals surface area contributed by atoms with E-state index in [1.54, 1.807) is 13.8 Å². The molecule has 4 amide bonds. The standard InChI is InChI=1S/C14H22N4O6/c1-5-15-11-12(16(6-2)13(15)21)18(8-24-10(4)20)14(22)17(11)7-23-9(3)19/h11-12H,5-8H2,1-4H3/t11-,12-/m1/s1. The second-order valence-electron chi connectivity index (χ2n) is 5.43. The van der Waals surface area contributed by atoms with Crippen molar-refractivity contribution in [1.29, 1.82) is 0 Å². The first kappa shape index (κ1) is 17.8. The maximum atomic E-state index is 12.7. The zero-order chi connectivity index (χ0) is 18.0. The molecule has 2 fully saturated rings. The van der Waals surface area contributed by atoms with Gasteiger partial charge >= 0.3 is 24.0 Å². The first-order valence-corrected chi connectivity index (χ1v) is 7.74. The molecule has 10 heteroatoms. The number of likely N-dealkylation sites (N-methyl/N-ethyl adjacent to an activating group) is 2. The van der Waals surface area contributed by atoms with Crippen LogP contribution >= 0.6 is 0 Å². The Hall–Kier alpha value is -2.52. The number of hydrogen-bond acceptors (Lipinski definition) is 6. The Labute approximate surface area is 139 Å². The van der Waals surface area contributed by atoms with Crippen molar-refractivity contribution >= 4 is 24.0 Å². The summed E-state index contributed by atoms with van der Waals surface area (Å²) in [7, 11) is 0. The van der Waals surface area contributed by atoms with Gasteiger partial charge in [-0.05, 0) is 13.8 Å². The topological polar surface area (TPSA) is 99.7 Å². The molecule has 2 saturated heterocycles. The third kappa shape index (κ3) is 2.95. The van der Waals surface area contributed by atoms with E-state index in [2.05, 4.69) is 0 Å². The number of rotatable bonds is 6. The highest BCUT2D eigenvalue weighted by Crippen LogP contribution is 2.34. The van der Waals surface area contributed by atoms with Crippen LogP contribution in [-0.4, -0.2) is 82.5 Å². The van der Waals surface area contributed by atoms with Gasteiger partial charge in [0.2, 0.25) is 0 Å². The van der Waals surface area contributed by atoms with Crippen LogP contribution in [-0.2, 0) is 19.1 Å². The van der Waals surface area contributed by atoms with Crippen LogP contribution in [0.2, 0.25) is 0 Å². The Morgan fingerprint density at radius 2 is 1.12 bits per heavy atom. The lowest BCUT2D eigenvalue weighted by molar-refractivity contribution is -0.146. The van der Waals surface area contributed by atoms with E-state index in [0.29, 0.717) is 13.1 Å². The molecule has 0 bridgehead atoms. The van der Waals surface area contributed by atoms with Gasteiger partial charge in [-0.1, -0.05) is 0 Å². The zero-order valence-electron chi connectivity index (χ0n) is 14.2. The number of amides is 4. The third-order valence-corrected chi connectivity index (χ3v) is 4.02. The molecule has 2 heterocycles. The fourth-order valence-corrected chi connectivity index (χ4v) is 2.99. The Morgan fingerprint density at radius 3 is 1.42 bits per heavy atom. The van der Waals surface area contributed by atoms with Crippen molar-refractivity contribution in [2.75, 3.05) is 26.6 Å². The Morgan fingerprint density at radius 1 is 0.792 bits per heavy atom. The van der Waals surface area contributed by atoms with Gasteiger partial charge in [0.15, 0.2) is 25.8 Å². The van der Waals surface area contributed by atoms with Gasteiger partial charge in [0.1, 0.15) is 0 Å². The van der Waals surface area contributed by atoms with Crippen LogP contribution in [0.3, 0.4) is 0 Å². The Balaban J connectivity index is 2.32. The van der Waals surface area contributed by atoms with Gasteiger partial charge < -0.3 is 19.3 Å². The minimum Gasteiger partial charge on any atom is -0.444 e. The molecule has 0 aromatic heterocycles. The summed E-state index contributed by atoms with van der Waals surface area (Å²) in [6, 6.07) is -0.681. The predicted octanol–water partition coefficient (Wildman–Crippen LogP) is 0.195. The van der Waals surface area contributed by atoms with Crippen LogP contribution in [0.5, 0.6) is 0 Å². The van der Waals surface area contributed by atoms with Gasteiger partial charge in [0, 0.05) is 26.9 Å². The van der Waals surface area contributed by atoms with Crippen molar-refractivity contribution < 1.29 is 28.7 Å². The van der Waals surface area contributed by atoms with E-state index >= 15 is 0 Å². The lowest BCUT2D eigenvalue weighted by atomic mass is 10.3. The molecule has 2 atom stereocenters. The predicted molar refractivity (Wildman–Crippen MR) is 80.1 cm³/mol. The number of hydrogen-bond donors (Lipinski definition) is 0. The maximum Gasteiger partial charge on any atom is 0.328 e. The molecule has 2 aliphatic heterocycles. The number of nitrogens with zero attached hydrogens (tertiary/aromatic N) is 4. The summed E-state index contributed by atoms with van der Waals surface area (Å²) in [6.45, 7) is 6.33. The maximum absolute atomic E-state index is 12.7. The van der Waals surface area contributed by atoms with Gasteiger partial charge in [-0.25, -0.2) is 9.59 Å². The molecular formula is C14H22N4O6. The monoisotopic (exact) mass is 342 g/mol. The van der Waals surface area contributed by atoms with E-state index in [9.17, 15) is 19.2 Å². The van der Waals surface area contributed by atoms with E-state index in [4.69, 9.17) is 9.47 Å². The minimum absolute atomic E-state index is 0.219. The van der Waals surface area contributed by atoms with Crippen molar-refractivity contribution in [3.63, 3.8) is 0 Å². The van der Waals surface area contributed by atoms with Gasteiger partial charge in [0.25, 0.3) is 0 Å². The van der Waals surface area contributed by atoms with Gasteiger partial charge in [0.05, 0.1) is 0 Å². The molecule has 24 heavy (non-hydrogen) atoms. The SMILES string of the molecule is CCN1C(=O)N(CC)[C@H]2[C@H]1N(COC(C)=O)C(=O)N2COC(C)=O. The first-order valence-electron chi connectivity index (χ1n) is 7.74. The number of esters is 2. The molecule has 0 N–H and O–H groups in total. The van der Waals surface area contributed by atoms with Crippen molar-refractivity contribution in [3.8, 4) is 0 Å². The smallest absolute Gasteiger partial charge is 0.328 e. The quantitative estimate of drug-likeness (QED) is 0.639. The summed E-state index contributed by atoms with van der Waals surface area (Å²) in [5, 5.41) is 0. The molecule has 134 valence electrons. The minimum atomic E-state index is -0.607.